The second-order valence-electron chi connectivity index (χ2n) is 5.47. The summed E-state index contributed by atoms with van der Waals surface area (Å²) in [6.07, 6.45) is 1.55. The number of hydrazine groups is 1. The van der Waals surface area contributed by atoms with Crippen molar-refractivity contribution < 1.29 is 14.0 Å². The number of hydrogen-bond acceptors (Lipinski definition) is 5. The first kappa shape index (κ1) is 16.0. The molecule has 3 heterocycles. The van der Waals surface area contributed by atoms with E-state index in [0.717, 1.165) is 0 Å². The average molecular weight is 363 g/mol. The van der Waals surface area contributed by atoms with Gasteiger partial charge in [-0.15, -0.1) is 0 Å². The minimum absolute atomic E-state index is 0.371. The molecule has 0 fully saturated rings. The number of carbonyl (C=O) groups excluding carboxylic acids is 2. The lowest BCUT2D eigenvalue weighted by Crippen LogP contribution is -2.41. The number of thiophene rings is 1. The molecule has 0 saturated heterocycles. The number of amides is 2. The van der Waals surface area contributed by atoms with Crippen LogP contribution in [0.1, 0.15) is 20.7 Å². The quantitative estimate of drug-likeness (QED) is 0.545. The first-order valence-electron chi connectivity index (χ1n) is 7.79. The highest BCUT2D eigenvalue weighted by molar-refractivity contribution is 7.08. The Bertz CT molecular complexity index is 1070. The van der Waals surface area contributed by atoms with Crippen LogP contribution in [0.4, 0.5) is 0 Å². The van der Waals surface area contributed by atoms with Crippen LogP contribution in [0.3, 0.4) is 0 Å². The molecule has 0 saturated carbocycles. The van der Waals surface area contributed by atoms with Crippen LogP contribution >= 0.6 is 11.3 Å². The third kappa shape index (κ3) is 3.07. The van der Waals surface area contributed by atoms with Crippen LogP contribution in [0.15, 0.2) is 70.0 Å². The summed E-state index contributed by atoms with van der Waals surface area (Å²) in [4.78, 5) is 29.2. The Morgan fingerprint density at radius 2 is 1.85 bits per heavy atom. The summed E-state index contributed by atoms with van der Waals surface area (Å²) in [6, 6.07) is 14.2. The molecule has 0 atom stereocenters. The average Bonchev–Trinajstić information content (AvgIpc) is 3.38. The second-order valence-corrected chi connectivity index (χ2v) is 6.25. The number of nitrogens with zero attached hydrogens (tertiary/aromatic N) is 1. The summed E-state index contributed by atoms with van der Waals surface area (Å²) < 4.78 is 5.39. The topological polar surface area (TPSA) is 84.2 Å². The lowest BCUT2D eigenvalue weighted by atomic mass is 10.1. The number of rotatable bonds is 3. The zero-order valence-corrected chi connectivity index (χ0v) is 14.2. The van der Waals surface area contributed by atoms with Crippen LogP contribution in [0.25, 0.3) is 22.4 Å². The molecule has 0 aliphatic heterocycles. The van der Waals surface area contributed by atoms with Gasteiger partial charge in [0.1, 0.15) is 5.69 Å². The molecule has 0 spiro atoms. The largest absolute Gasteiger partial charge is 0.463 e. The van der Waals surface area contributed by atoms with Crippen molar-refractivity contribution >= 4 is 34.1 Å². The fourth-order valence-electron chi connectivity index (χ4n) is 2.56. The number of nitrogens with one attached hydrogen (secondary N) is 2. The molecule has 0 aliphatic rings. The van der Waals surface area contributed by atoms with E-state index >= 15 is 0 Å². The monoisotopic (exact) mass is 363 g/mol. The summed E-state index contributed by atoms with van der Waals surface area (Å²) >= 11 is 1.41. The maximum atomic E-state index is 12.7. The van der Waals surface area contributed by atoms with Crippen molar-refractivity contribution in [3.05, 3.63) is 76.7 Å². The van der Waals surface area contributed by atoms with Gasteiger partial charge in [-0.1, -0.05) is 18.2 Å². The molecule has 4 aromatic rings. The molecule has 7 heteroatoms. The molecule has 2 amide bonds. The molecule has 0 radical (unpaired) electrons. The zero-order chi connectivity index (χ0) is 17.9. The molecular formula is C19H13N3O3S. The van der Waals surface area contributed by atoms with Gasteiger partial charge in [0, 0.05) is 10.8 Å². The first-order valence-corrected chi connectivity index (χ1v) is 8.73. The van der Waals surface area contributed by atoms with Crippen molar-refractivity contribution in [2.24, 2.45) is 0 Å². The van der Waals surface area contributed by atoms with E-state index in [9.17, 15) is 9.59 Å². The predicted octanol–water partition coefficient (Wildman–Crippen LogP) is 3.63. The van der Waals surface area contributed by atoms with E-state index in [-0.39, 0.29) is 5.91 Å². The van der Waals surface area contributed by atoms with Gasteiger partial charge >= 0.3 is 0 Å². The zero-order valence-electron chi connectivity index (χ0n) is 13.4. The molecule has 0 aliphatic carbocycles. The van der Waals surface area contributed by atoms with E-state index in [1.54, 1.807) is 41.3 Å². The van der Waals surface area contributed by atoms with Crippen molar-refractivity contribution in [3.63, 3.8) is 0 Å². The lowest BCUT2D eigenvalue weighted by Gasteiger charge is -2.10. The van der Waals surface area contributed by atoms with Gasteiger partial charge in [0.2, 0.25) is 0 Å². The molecular weight excluding hydrogens is 350 g/mol. The van der Waals surface area contributed by atoms with Crippen LogP contribution in [-0.4, -0.2) is 16.8 Å². The van der Waals surface area contributed by atoms with Gasteiger partial charge in [-0.3, -0.25) is 20.4 Å². The summed E-state index contributed by atoms with van der Waals surface area (Å²) in [5.41, 5.74) is 6.98. The van der Waals surface area contributed by atoms with Crippen LogP contribution in [0, 0.1) is 0 Å². The van der Waals surface area contributed by atoms with Crippen LogP contribution in [0.5, 0.6) is 0 Å². The Morgan fingerprint density at radius 1 is 1.00 bits per heavy atom. The van der Waals surface area contributed by atoms with Crippen LogP contribution in [-0.2, 0) is 0 Å². The maximum absolute atomic E-state index is 12.7. The van der Waals surface area contributed by atoms with E-state index in [2.05, 4.69) is 15.8 Å². The van der Waals surface area contributed by atoms with Gasteiger partial charge in [0.15, 0.2) is 5.76 Å². The van der Waals surface area contributed by atoms with E-state index < -0.39 is 5.91 Å². The number of pyridine rings is 1. The van der Waals surface area contributed by atoms with E-state index in [4.69, 9.17) is 4.42 Å². The molecule has 2 N–H and O–H groups in total. The van der Waals surface area contributed by atoms with Gasteiger partial charge in [-0.2, -0.15) is 11.3 Å². The van der Waals surface area contributed by atoms with Crippen LogP contribution < -0.4 is 10.9 Å². The van der Waals surface area contributed by atoms with Gasteiger partial charge < -0.3 is 4.42 Å². The number of hydrogen-bond donors (Lipinski definition) is 2. The lowest BCUT2D eigenvalue weighted by molar-refractivity contribution is 0.0848. The number of benzene rings is 1. The third-order valence-corrected chi connectivity index (χ3v) is 4.49. The minimum Gasteiger partial charge on any atom is -0.463 e. The molecule has 6 nitrogen and oxygen atoms in total. The molecule has 3 aromatic heterocycles. The SMILES string of the molecule is O=C(NNC(=O)c1cc(-c2ccco2)nc2ccccc12)c1ccsc1. The smallest absolute Gasteiger partial charge is 0.270 e. The molecule has 4 rings (SSSR count). The van der Waals surface area contributed by atoms with E-state index in [1.807, 2.05) is 24.3 Å². The molecule has 0 unspecified atom stereocenters. The van der Waals surface area contributed by atoms with Crippen molar-refractivity contribution in [1.29, 1.82) is 0 Å². The molecule has 1 aromatic carbocycles. The van der Waals surface area contributed by atoms with E-state index in [0.29, 0.717) is 33.5 Å². The first-order chi connectivity index (χ1) is 12.7. The number of carbonyl (C=O) groups is 2. The number of para-hydroxylation sites is 1. The van der Waals surface area contributed by atoms with Crippen LogP contribution in [0.2, 0.25) is 0 Å². The molecule has 0 bridgehead atoms. The summed E-state index contributed by atoms with van der Waals surface area (Å²) in [6.45, 7) is 0. The maximum Gasteiger partial charge on any atom is 0.270 e. The second kappa shape index (κ2) is 6.81. The number of aromatic nitrogens is 1. The van der Waals surface area contributed by atoms with Crippen molar-refractivity contribution in [2.45, 2.75) is 0 Å². The Labute approximate surface area is 152 Å². The third-order valence-electron chi connectivity index (χ3n) is 3.81. The Kier molecular flexibility index (Phi) is 4.20. The predicted molar refractivity (Wildman–Crippen MR) is 98.7 cm³/mol. The Hall–Kier alpha value is -3.45. The highest BCUT2D eigenvalue weighted by atomic mass is 32.1. The van der Waals surface area contributed by atoms with Crippen molar-refractivity contribution in [2.75, 3.05) is 0 Å². The normalized spacial score (nSPS) is 10.6. The highest BCUT2D eigenvalue weighted by Crippen LogP contribution is 2.25. The van der Waals surface area contributed by atoms with Gasteiger partial charge in [0.05, 0.1) is 22.9 Å². The van der Waals surface area contributed by atoms with Crippen molar-refractivity contribution in [3.8, 4) is 11.5 Å². The fourth-order valence-corrected chi connectivity index (χ4v) is 3.20. The summed E-state index contributed by atoms with van der Waals surface area (Å²) in [5, 5.41) is 4.19. The van der Waals surface area contributed by atoms with Crippen molar-refractivity contribution in [1.82, 2.24) is 15.8 Å². The van der Waals surface area contributed by atoms with Gasteiger partial charge in [-0.05, 0) is 35.7 Å². The number of furan rings is 1. The minimum atomic E-state index is -0.431. The van der Waals surface area contributed by atoms with Gasteiger partial charge in [0.25, 0.3) is 11.8 Å². The summed E-state index contributed by atoms with van der Waals surface area (Å²) in [5.74, 6) is -0.240. The standard InChI is InChI=1S/C19H13N3O3S/c23-18(12-7-9-26-11-12)21-22-19(24)14-10-16(17-6-3-8-25-17)20-15-5-2-1-4-13(14)15/h1-11H,(H,21,23)(H,22,24). The fraction of sp³-hybridized carbons (Fsp3) is 0. The Morgan fingerprint density at radius 3 is 2.62 bits per heavy atom. The summed E-state index contributed by atoms with van der Waals surface area (Å²) in [7, 11) is 0. The van der Waals surface area contributed by atoms with Gasteiger partial charge in [-0.25, -0.2) is 4.98 Å². The number of fused-ring (bicyclic) bond motifs is 1. The molecule has 128 valence electrons. The molecule has 26 heavy (non-hydrogen) atoms. The van der Waals surface area contributed by atoms with E-state index in [1.165, 1.54) is 11.3 Å². The highest BCUT2D eigenvalue weighted by Gasteiger charge is 2.16. The Balaban J connectivity index is 1.66.